The Balaban J connectivity index is 1.85. The summed E-state index contributed by atoms with van der Waals surface area (Å²) in [7, 11) is 0. The normalized spacial score (nSPS) is 17.1. The molecule has 2 aromatic rings. The fraction of sp³-hybridized carbons (Fsp3) is 0.278. The third kappa shape index (κ3) is 2.64. The monoisotopic (exact) mass is 281 g/mol. The standard InChI is InChI=1S/C18H19NO2/c1-12-6-4-10-15(17(12)20)18(21)19-16-11-5-8-13-7-2-3-9-14(13)16/h2-4,6-7,9-10,16,20H,5,8,11H2,1H3,(H,19,21)/t16-/m0/s1. The van der Waals surface area contributed by atoms with Crippen molar-refractivity contribution in [1.82, 2.24) is 5.32 Å². The Kier molecular flexibility index (Phi) is 3.65. The van der Waals surface area contributed by atoms with E-state index in [1.807, 2.05) is 12.1 Å². The van der Waals surface area contributed by atoms with Crippen LogP contribution < -0.4 is 5.32 Å². The molecule has 1 aliphatic rings. The molecule has 108 valence electrons. The number of aryl methyl sites for hydroxylation is 2. The first-order chi connectivity index (χ1) is 10.2. The van der Waals surface area contributed by atoms with Gasteiger partial charge >= 0.3 is 0 Å². The second-order valence-corrected chi connectivity index (χ2v) is 5.59. The van der Waals surface area contributed by atoms with Crippen LogP contribution in [0.15, 0.2) is 42.5 Å². The molecule has 0 radical (unpaired) electrons. The van der Waals surface area contributed by atoms with Gasteiger partial charge in [0.2, 0.25) is 0 Å². The van der Waals surface area contributed by atoms with Gasteiger partial charge in [0.15, 0.2) is 0 Å². The lowest BCUT2D eigenvalue weighted by molar-refractivity contribution is 0.0930. The van der Waals surface area contributed by atoms with E-state index < -0.39 is 0 Å². The molecule has 2 N–H and O–H groups in total. The van der Waals surface area contributed by atoms with E-state index in [1.54, 1.807) is 25.1 Å². The van der Waals surface area contributed by atoms with E-state index in [1.165, 1.54) is 11.1 Å². The number of hydrogen-bond acceptors (Lipinski definition) is 2. The number of hydrogen-bond donors (Lipinski definition) is 2. The molecule has 0 heterocycles. The average molecular weight is 281 g/mol. The molecule has 0 bridgehead atoms. The lowest BCUT2D eigenvalue weighted by atomic mass is 9.87. The van der Waals surface area contributed by atoms with Crippen molar-refractivity contribution in [2.45, 2.75) is 32.2 Å². The molecule has 0 spiro atoms. The van der Waals surface area contributed by atoms with Crippen LogP contribution in [-0.4, -0.2) is 11.0 Å². The molecule has 0 saturated heterocycles. The van der Waals surface area contributed by atoms with Crippen molar-refractivity contribution in [3.63, 3.8) is 0 Å². The summed E-state index contributed by atoms with van der Waals surface area (Å²) in [4.78, 5) is 12.4. The summed E-state index contributed by atoms with van der Waals surface area (Å²) < 4.78 is 0. The van der Waals surface area contributed by atoms with Crippen molar-refractivity contribution in [3.05, 3.63) is 64.7 Å². The summed E-state index contributed by atoms with van der Waals surface area (Å²) in [5.41, 5.74) is 3.57. The highest BCUT2D eigenvalue weighted by Crippen LogP contribution is 2.30. The highest BCUT2D eigenvalue weighted by Gasteiger charge is 2.23. The molecule has 1 atom stereocenters. The smallest absolute Gasteiger partial charge is 0.255 e. The number of amides is 1. The van der Waals surface area contributed by atoms with Gasteiger partial charge in [0, 0.05) is 0 Å². The minimum atomic E-state index is -0.210. The number of benzene rings is 2. The van der Waals surface area contributed by atoms with Gasteiger partial charge in [-0.15, -0.1) is 0 Å². The predicted molar refractivity (Wildman–Crippen MR) is 82.4 cm³/mol. The molecule has 1 aliphatic carbocycles. The summed E-state index contributed by atoms with van der Waals surface area (Å²) in [6.07, 6.45) is 3.08. The first-order valence-electron chi connectivity index (χ1n) is 7.34. The van der Waals surface area contributed by atoms with Crippen LogP contribution in [0.1, 0.15) is 45.9 Å². The van der Waals surface area contributed by atoms with Crippen LogP contribution >= 0.6 is 0 Å². The number of carbonyl (C=O) groups is 1. The Morgan fingerprint density at radius 1 is 1.19 bits per heavy atom. The van der Waals surface area contributed by atoms with Gasteiger partial charge in [0.05, 0.1) is 11.6 Å². The molecular formula is C18H19NO2. The minimum absolute atomic E-state index is 0.0300. The average Bonchev–Trinajstić information content (AvgIpc) is 2.50. The molecule has 0 aliphatic heterocycles. The number of para-hydroxylation sites is 1. The van der Waals surface area contributed by atoms with E-state index >= 15 is 0 Å². The molecule has 0 saturated carbocycles. The number of aromatic hydroxyl groups is 1. The quantitative estimate of drug-likeness (QED) is 0.885. The SMILES string of the molecule is Cc1cccc(C(=O)N[C@H]2CCCc3ccccc32)c1O. The molecule has 3 rings (SSSR count). The number of phenols is 1. The van der Waals surface area contributed by atoms with Crippen LogP contribution in [0.4, 0.5) is 0 Å². The Labute approximate surface area is 124 Å². The lowest BCUT2D eigenvalue weighted by Gasteiger charge is -2.26. The van der Waals surface area contributed by atoms with Crippen molar-refractivity contribution >= 4 is 5.91 Å². The van der Waals surface area contributed by atoms with E-state index in [0.717, 1.165) is 19.3 Å². The zero-order valence-electron chi connectivity index (χ0n) is 12.1. The molecule has 1 amide bonds. The summed E-state index contributed by atoms with van der Waals surface area (Å²) in [6.45, 7) is 1.79. The zero-order valence-corrected chi connectivity index (χ0v) is 12.1. The predicted octanol–water partition coefficient (Wildman–Crippen LogP) is 3.51. The highest BCUT2D eigenvalue weighted by atomic mass is 16.3. The van der Waals surface area contributed by atoms with E-state index in [9.17, 15) is 9.90 Å². The number of fused-ring (bicyclic) bond motifs is 1. The Hall–Kier alpha value is -2.29. The fourth-order valence-electron chi connectivity index (χ4n) is 2.98. The molecule has 0 unspecified atom stereocenters. The van der Waals surface area contributed by atoms with Crippen LogP contribution in [0.2, 0.25) is 0 Å². The van der Waals surface area contributed by atoms with Crippen molar-refractivity contribution in [2.24, 2.45) is 0 Å². The van der Waals surface area contributed by atoms with E-state index in [-0.39, 0.29) is 17.7 Å². The second-order valence-electron chi connectivity index (χ2n) is 5.59. The van der Waals surface area contributed by atoms with Crippen LogP contribution in [0.5, 0.6) is 5.75 Å². The van der Waals surface area contributed by atoms with Gasteiger partial charge in [-0.3, -0.25) is 4.79 Å². The first kappa shape index (κ1) is 13.7. The molecule has 0 aromatic heterocycles. The van der Waals surface area contributed by atoms with Crippen LogP contribution in [0.3, 0.4) is 0 Å². The Morgan fingerprint density at radius 2 is 2.00 bits per heavy atom. The van der Waals surface area contributed by atoms with Crippen molar-refractivity contribution in [1.29, 1.82) is 0 Å². The molecular weight excluding hydrogens is 262 g/mol. The molecule has 2 aromatic carbocycles. The van der Waals surface area contributed by atoms with E-state index in [0.29, 0.717) is 11.1 Å². The maximum absolute atomic E-state index is 12.4. The van der Waals surface area contributed by atoms with Gasteiger partial charge in [-0.05, 0) is 48.9 Å². The van der Waals surface area contributed by atoms with Gasteiger partial charge in [-0.1, -0.05) is 36.4 Å². The van der Waals surface area contributed by atoms with E-state index in [4.69, 9.17) is 0 Å². The fourth-order valence-corrected chi connectivity index (χ4v) is 2.98. The minimum Gasteiger partial charge on any atom is -0.507 e. The van der Waals surface area contributed by atoms with Gasteiger partial charge in [-0.2, -0.15) is 0 Å². The molecule has 0 fully saturated rings. The summed E-state index contributed by atoms with van der Waals surface area (Å²) >= 11 is 0. The third-order valence-corrected chi connectivity index (χ3v) is 4.16. The van der Waals surface area contributed by atoms with Crippen molar-refractivity contribution in [2.75, 3.05) is 0 Å². The second kappa shape index (κ2) is 5.60. The summed E-state index contributed by atoms with van der Waals surface area (Å²) in [5, 5.41) is 13.1. The maximum Gasteiger partial charge on any atom is 0.255 e. The molecule has 3 heteroatoms. The van der Waals surface area contributed by atoms with Crippen molar-refractivity contribution in [3.8, 4) is 5.75 Å². The van der Waals surface area contributed by atoms with E-state index in [2.05, 4.69) is 17.4 Å². The highest BCUT2D eigenvalue weighted by molar-refractivity contribution is 5.97. The third-order valence-electron chi connectivity index (χ3n) is 4.16. The number of phenolic OH excluding ortho intramolecular Hbond substituents is 1. The van der Waals surface area contributed by atoms with Crippen molar-refractivity contribution < 1.29 is 9.90 Å². The zero-order chi connectivity index (χ0) is 14.8. The molecule has 21 heavy (non-hydrogen) atoms. The topological polar surface area (TPSA) is 49.3 Å². The first-order valence-corrected chi connectivity index (χ1v) is 7.34. The summed E-state index contributed by atoms with van der Waals surface area (Å²) in [6, 6.07) is 13.5. The van der Waals surface area contributed by atoms with Crippen LogP contribution in [0, 0.1) is 6.92 Å². The van der Waals surface area contributed by atoms with Gasteiger partial charge in [0.1, 0.15) is 5.75 Å². The largest absolute Gasteiger partial charge is 0.507 e. The summed E-state index contributed by atoms with van der Waals surface area (Å²) in [5.74, 6) is -0.142. The number of nitrogens with one attached hydrogen (secondary N) is 1. The Morgan fingerprint density at radius 3 is 2.86 bits per heavy atom. The van der Waals surface area contributed by atoms with Crippen LogP contribution in [-0.2, 0) is 6.42 Å². The maximum atomic E-state index is 12.4. The number of carbonyl (C=O) groups excluding carboxylic acids is 1. The Bertz CT molecular complexity index is 679. The van der Waals surface area contributed by atoms with Gasteiger partial charge < -0.3 is 10.4 Å². The van der Waals surface area contributed by atoms with Gasteiger partial charge in [-0.25, -0.2) is 0 Å². The van der Waals surface area contributed by atoms with Crippen LogP contribution in [0.25, 0.3) is 0 Å². The van der Waals surface area contributed by atoms with Gasteiger partial charge in [0.25, 0.3) is 5.91 Å². The number of rotatable bonds is 2. The lowest BCUT2D eigenvalue weighted by Crippen LogP contribution is -2.31. The molecule has 3 nitrogen and oxygen atoms in total.